The van der Waals surface area contributed by atoms with Crippen molar-refractivity contribution < 1.29 is 17.2 Å². The molecule has 0 fully saturated rings. The second kappa shape index (κ2) is 7.25. The number of guanidine groups is 1. The van der Waals surface area contributed by atoms with Crippen LogP contribution in [-0.4, -0.2) is 19.4 Å². The molecule has 0 spiro atoms. The molecule has 2 N–H and O–H groups in total. The first-order valence-corrected chi connectivity index (χ1v) is 10.1. The molecule has 0 saturated heterocycles. The zero-order valence-corrected chi connectivity index (χ0v) is 16.1. The predicted octanol–water partition coefficient (Wildman–Crippen LogP) is 3.60. The van der Waals surface area contributed by atoms with Crippen molar-refractivity contribution in [3.05, 3.63) is 77.6 Å². The van der Waals surface area contributed by atoms with Crippen molar-refractivity contribution in [1.82, 2.24) is 10.3 Å². The molecule has 0 radical (unpaired) electrons. The highest BCUT2D eigenvalue weighted by atomic mass is 32.2. The van der Waals surface area contributed by atoms with Gasteiger partial charge < -0.3 is 10.6 Å². The van der Waals surface area contributed by atoms with Crippen molar-refractivity contribution in [2.24, 2.45) is 4.40 Å². The van der Waals surface area contributed by atoms with E-state index in [9.17, 15) is 17.2 Å². The lowest BCUT2D eigenvalue weighted by Crippen LogP contribution is -2.34. The average Bonchev–Trinajstić information content (AvgIpc) is 2.65. The van der Waals surface area contributed by atoms with Crippen molar-refractivity contribution >= 4 is 21.7 Å². The third-order valence-corrected chi connectivity index (χ3v) is 5.63. The highest BCUT2D eigenvalue weighted by Gasteiger charge is 2.27. The van der Waals surface area contributed by atoms with Crippen LogP contribution in [-0.2, 0) is 16.6 Å². The number of hydrogen-bond acceptors (Lipinski definition) is 5. The molecule has 4 rings (SSSR count). The first-order chi connectivity index (χ1) is 13.8. The maximum absolute atomic E-state index is 13.7. The summed E-state index contributed by atoms with van der Waals surface area (Å²) in [7, 11) is -4.00. The molecule has 0 aliphatic carbocycles. The molecular weight excluding hydrogens is 398 g/mol. The number of fused-ring (bicyclic) bond motifs is 1. The Morgan fingerprint density at radius 3 is 2.48 bits per heavy atom. The Kier molecular flexibility index (Phi) is 4.75. The third kappa shape index (κ3) is 3.95. The number of aromatic nitrogens is 1. The quantitative estimate of drug-likeness (QED) is 0.684. The van der Waals surface area contributed by atoms with E-state index in [1.807, 2.05) is 19.1 Å². The minimum atomic E-state index is -4.00. The van der Waals surface area contributed by atoms with Crippen LogP contribution in [0.15, 0.2) is 63.9 Å². The number of aryl methyl sites for hydroxylation is 1. The molecule has 0 atom stereocenters. The molecule has 2 aromatic carbocycles. The SMILES string of the molecule is Cc1cccc(CNC2=NS(=O)(=O)c3cccc(-c4cc(F)cc(F)c4)c3N2)n1. The van der Waals surface area contributed by atoms with Gasteiger partial charge in [0.25, 0.3) is 10.0 Å². The number of anilines is 1. The molecule has 1 aromatic heterocycles. The number of halogens is 2. The van der Waals surface area contributed by atoms with Crippen LogP contribution in [0.2, 0.25) is 0 Å². The zero-order chi connectivity index (χ0) is 20.6. The zero-order valence-electron chi connectivity index (χ0n) is 15.3. The van der Waals surface area contributed by atoms with Gasteiger partial charge in [-0.2, -0.15) is 8.42 Å². The fourth-order valence-electron chi connectivity index (χ4n) is 3.08. The van der Waals surface area contributed by atoms with Crippen LogP contribution in [0.3, 0.4) is 0 Å². The van der Waals surface area contributed by atoms with Gasteiger partial charge >= 0.3 is 0 Å². The van der Waals surface area contributed by atoms with Gasteiger partial charge in [0.05, 0.1) is 17.9 Å². The monoisotopic (exact) mass is 414 g/mol. The van der Waals surface area contributed by atoms with Crippen LogP contribution in [0.25, 0.3) is 11.1 Å². The van der Waals surface area contributed by atoms with Crippen molar-refractivity contribution in [3.63, 3.8) is 0 Å². The summed E-state index contributed by atoms with van der Waals surface area (Å²) in [6, 6.07) is 13.0. The maximum Gasteiger partial charge on any atom is 0.287 e. The summed E-state index contributed by atoms with van der Waals surface area (Å²) in [6.07, 6.45) is 0. The van der Waals surface area contributed by atoms with Crippen molar-refractivity contribution in [2.45, 2.75) is 18.4 Å². The maximum atomic E-state index is 13.7. The van der Waals surface area contributed by atoms with E-state index in [2.05, 4.69) is 20.0 Å². The van der Waals surface area contributed by atoms with Gasteiger partial charge in [-0.1, -0.05) is 18.2 Å². The number of hydrogen-bond donors (Lipinski definition) is 2. The third-order valence-electron chi connectivity index (χ3n) is 4.32. The van der Waals surface area contributed by atoms with E-state index in [0.29, 0.717) is 11.3 Å². The lowest BCUT2D eigenvalue weighted by molar-refractivity contribution is 0.584. The van der Waals surface area contributed by atoms with Crippen molar-refractivity contribution in [1.29, 1.82) is 0 Å². The van der Waals surface area contributed by atoms with Gasteiger partial charge in [0.1, 0.15) is 16.5 Å². The molecule has 148 valence electrons. The van der Waals surface area contributed by atoms with Crippen LogP contribution in [0.5, 0.6) is 0 Å². The number of para-hydroxylation sites is 1. The van der Waals surface area contributed by atoms with E-state index in [0.717, 1.165) is 23.9 Å². The highest BCUT2D eigenvalue weighted by Crippen LogP contribution is 2.37. The average molecular weight is 414 g/mol. The Hall–Kier alpha value is -3.33. The Balaban J connectivity index is 1.70. The Bertz CT molecular complexity index is 1220. The van der Waals surface area contributed by atoms with Crippen molar-refractivity contribution in [3.8, 4) is 11.1 Å². The van der Waals surface area contributed by atoms with Crippen LogP contribution in [0.4, 0.5) is 14.5 Å². The Morgan fingerprint density at radius 1 is 1.03 bits per heavy atom. The number of nitrogens with one attached hydrogen (secondary N) is 2. The molecule has 9 heteroatoms. The van der Waals surface area contributed by atoms with Gasteiger partial charge in [0, 0.05) is 17.3 Å². The van der Waals surface area contributed by atoms with Gasteiger partial charge in [-0.25, -0.2) is 8.78 Å². The van der Waals surface area contributed by atoms with Gasteiger partial charge in [0.2, 0.25) is 5.96 Å². The molecular formula is C20H16F2N4O2S. The smallest absolute Gasteiger partial charge is 0.287 e. The molecule has 2 heterocycles. The van der Waals surface area contributed by atoms with E-state index < -0.39 is 21.7 Å². The summed E-state index contributed by atoms with van der Waals surface area (Å²) < 4.78 is 56.4. The summed E-state index contributed by atoms with van der Waals surface area (Å²) in [5, 5.41) is 5.84. The molecule has 29 heavy (non-hydrogen) atoms. The normalized spacial score (nSPS) is 14.5. The minimum Gasteiger partial charge on any atom is -0.350 e. The number of rotatable bonds is 3. The summed E-state index contributed by atoms with van der Waals surface area (Å²) in [5.41, 5.74) is 2.29. The molecule has 0 amide bonds. The van der Waals surface area contributed by atoms with E-state index in [4.69, 9.17) is 0 Å². The summed E-state index contributed by atoms with van der Waals surface area (Å²) >= 11 is 0. The molecule has 1 aliphatic heterocycles. The molecule has 1 aliphatic rings. The lowest BCUT2D eigenvalue weighted by atomic mass is 10.0. The predicted molar refractivity (Wildman–Crippen MR) is 106 cm³/mol. The fourth-order valence-corrected chi connectivity index (χ4v) is 4.20. The second-order valence-electron chi connectivity index (χ2n) is 6.50. The van der Waals surface area contributed by atoms with Gasteiger partial charge in [-0.15, -0.1) is 4.40 Å². The van der Waals surface area contributed by atoms with Crippen LogP contribution < -0.4 is 10.6 Å². The first kappa shape index (κ1) is 19.0. The Morgan fingerprint density at radius 2 is 1.76 bits per heavy atom. The topological polar surface area (TPSA) is 83.5 Å². The standard InChI is InChI=1S/C20H16F2N4O2S/c1-12-4-2-5-16(24-12)11-23-20-25-19-17(13-8-14(21)10-15(22)9-13)6-3-7-18(19)29(27,28)26-20/h2-10H,11H2,1H3,(H2,23,25,26). The minimum absolute atomic E-state index is 0.00475. The summed E-state index contributed by atoms with van der Waals surface area (Å²) in [6.45, 7) is 2.10. The van der Waals surface area contributed by atoms with Crippen LogP contribution >= 0.6 is 0 Å². The molecule has 0 bridgehead atoms. The number of sulfonamides is 1. The molecule has 6 nitrogen and oxygen atoms in total. The second-order valence-corrected chi connectivity index (χ2v) is 8.07. The number of benzene rings is 2. The van der Waals surface area contributed by atoms with Gasteiger partial charge in [0.15, 0.2) is 0 Å². The van der Waals surface area contributed by atoms with Gasteiger partial charge in [-0.3, -0.25) is 4.98 Å². The highest BCUT2D eigenvalue weighted by molar-refractivity contribution is 7.90. The van der Waals surface area contributed by atoms with Crippen molar-refractivity contribution in [2.75, 3.05) is 5.32 Å². The molecule has 0 unspecified atom stereocenters. The van der Waals surface area contributed by atoms with Crippen LogP contribution in [0, 0.1) is 18.6 Å². The van der Waals surface area contributed by atoms with E-state index in [1.165, 1.54) is 12.1 Å². The number of nitrogens with zero attached hydrogens (tertiary/aromatic N) is 2. The first-order valence-electron chi connectivity index (χ1n) is 8.70. The van der Waals surface area contributed by atoms with E-state index in [1.54, 1.807) is 12.1 Å². The summed E-state index contributed by atoms with van der Waals surface area (Å²) in [5.74, 6) is -1.51. The fraction of sp³-hybridized carbons (Fsp3) is 0.100. The van der Waals surface area contributed by atoms with E-state index in [-0.39, 0.29) is 28.7 Å². The largest absolute Gasteiger partial charge is 0.350 e. The van der Waals surface area contributed by atoms with Gasteiger partial charge in [-0.05, 0) is 42.8 Å². The van der Waals surface area contributed by atoms with E-state index >= 15 is 0 Å². The summed E-state index contributed by atoms with van der Waals surface area (Å²) in [4.78, 5) is 4.27. The molecule has 3 aromatic rings. The Labute approximate surface area is 166 Å². The molecule has 0 saturated carbocycles. The van der Waals surface area contributed by atoms with Crippen LogP contribution in [0.1, 0.15) is 11.4 Å². The number of pyridine rings is 1. The lowest BCUT2D eigenvalue weighted by Gasteiger charge is -2.22.